The van der Waals surface area contributed by atoms with Crippen LogP contribution in [0.1, 0.15) is 29.6 Å². The lowest BCUT2D eigenvalue weighted by Gasteiger charge is -2.38. The molecule has 0 radical (unpaired) electrons. The van der Waals surface area contributed by atoms with E-state index in [9.17, 15) is 5.11 Å². The molecule has 118 valence electrons. The maximum absolute atomic E-state index is 9.70. The van der Waals surface area contributed by atoms with Crippen LogP contribution in [0.4, 0.5) is 5.82 Å². The second kappa shape index (κ2) is 5.91. The first-order chi connectivity index (χ1) is 11.2. The van der Waals surface area contributed by atoms with Crippen molar-refractivity contribution in [3.05, 3.63) is 52.5 Å². The van der Waals surface area contributed by atoms with E-state index in [1.165, 1.54) is 4.88 Å². The zero-order chi connectivity index (χ0) is 15.8. The molecule has 1 aliphatic rings. The van der Waals surface area contributed by atoms with Crippen molar-refractivity contribution in [2.45, 2.75) is 31.9 Å². The van der Waals surface area contributed by atoms with E-state index >= 15 is 0 Å². The highest BCUT2D eigenvalue weighted by Gasteiger charge is 2.35. The second-order valence-corrected chi connectivity index (χ2v) is 7.14. The number of anilines is 1. The molecule has 1 atom stereocenters. The van der Waals surface area contributed by atoms with Gasteiger partial charge in [0.25, 0.3) is 0 Å². The summed E-state index contributed by atoms with van der Waals surface area (Å²) >= 11 is 1.75. The lowest BCUT2D eigenvalue weighted by atomic mass is 9.76. The first kappa shape index (κ1) is 14.6. The minimum Gasteiger partial charge on any atom is -0.393 e. The largest absolute Gasteiger partial charge is 0.393 e. The predicted octanol–water partition coefficient (Wildman–Crippen LogP) is 3.92. The predicted molar refractivity (Wildman–Crippen MR) is 93.7 cm³/mol. The van der Waals surface area contributed by atoms with Crippen molar-refractivity contribution in [1.82, 2.24) is 9.97 Å². The van der Waals surface area contributed by atoms with Crippen LogP contribution in [0.2, 0.25) is 0 Å². The monoisotopic (exact) mass is 325 g/mol. The molecule has 2 N–H and O–H groups in total. The van der Waals surface area contributed by atoms with E-state index in [2.05, 4.69) is 38.9 Å². The van der Waals surface area contributed by atoms with Crippen LogP contribution in [0, 0.1) is 12.8 Å². The van der Waals surface area contributed by atoms with Gasteiger partial charge in [0.1, 0.15) is 11.6 Å². The van der Waals surface area contributed by atoms with Crippen LogP contribution in [0.3, 0.4) is 0 Å². The summed E-state index contributed by atoms with van der Waals surface area (Å²) in [7, 11) is 0. The van der Waals surface area contributed by atoms with E-state index in [1.807, 2.05) is 25.1 Å². The summed E-state index contributed by atoms with van der Waals surface area (Å²) < 4.78 is 0. The second-order valence-electron chi connectivity index (χ2n) is 6.16. The van der Waals surface area contributed by atoms with Gasteiger partial charge in [0, 0.05) is 10.3 Å². The van der Waals surface area contributed by atoms with Crippen LogP contribution in [0.5, 0.6) is 0 Å². The number of thiophene rings is 1. The molecule has 0 amide bonds. The van der Waals surface area contributed by atoms with E-state index in [4.69, 9.17) is 0 Å². The molecule has 0 bridgehead atoms. The average Bonchev–Trinajstić information content (AvgIpc) is 3.03. The van der Waals surface area contributed by atoms with Gasteiger partial charge < -0.3 is 10.4 Å². The maximum atomic E-state index is 9.70. The lowest BCUT2D eigenvalue weighted by Crippen LogP contribution is -2.35. The Bertz CT molecular complexity index is 812. The van der Waals surface area contributed by atoms with E-state index in [1.54, 1.807) is 11.3 Å². The van der Waals surface area contributed by atoms with Crippen molar-refractivity contribution < 1.29 is 5.11 Å². The SMILES string of the molecule is Cc1nc(N[C@@H](c2cccs2)C2CC(O)C2)c2ccccc2n1. The molecule has 2 heterocycles. The summed E-state index contributed by atoms with van der Waals surface area (Å²) in [5.74, 6) is 2.09. The van der Waals surface area contributed by atoms with Crippen molar-refractivity contribution in [3.63, 3.8) is 0 Å². The topological polar surface area (TPSA) is 58.0 Å². The van der Waals surface area contributed by atoms with Crippen molar-refractivity contribution >= 4 is 28.1 Å². The number of aromatic nitrogens is 2. The van der Waals surface area contributed by atoms with Gasteiger partial charge in [-0.05, 0) is 49.3 Å². The van der Waals surface area contributed by atoms with Gasteiger partial charge in [-0.3, -0.25) is 0 Å². The van der Waals surface area contributed by atoms with Crippen LogP contribution in [-0.4, -0.2) is 21.2 Å². The molecule has 0 aliphatic heterocycles. The number of para-hydroxylation sites is 1. The van der Waals surface area contributed by atoms with E-state index in [-0.39, 0.29) is 12.1 Å². The van der Waals surface area contributed by atoms with Gasteiger partial charge in [-0.2, -0.15) is 0 Å². The molecule has 1 fully saturated rings. The molecule has 2 aromatic heterocycles. The zero-order valence-electron chi connectivity index (χ0n) is 12.9. The molecule has 5 heteroatoms. The normalized spacial score (nSPS) is 21.8. The third-order valence-electron chi connectivity index (χ3n) is 4.48. The van der Waals surface area contributed by atoms with Gasteiger partial charge in [-0.25, -0.2) is 9.97 Å². The molecule has 1 aliphatic carbocycles. The molecule has 4 nitrogen and oxygen atoms in total. The number of aryl methyl sites for hydroxylation is 1. The molecule has 1 aromatic carbocycles. The molecule has 0 spiro atoms. The number of hydrogen-bond donors (Lipinski definition) is 2. The summed E-state index contributed by atoms with van der Waals surface area (Å²) in [6.45, 7) is 1.92. The number of aliphatic hydroxyl groups is 1. The fraction of sp³-hybridized carbons (Fsp3) is 0.333. The summed E-state index contributed by atoms with van der Waals surface area (Å²) in [6.07, 6.45) is 1.53. The summed E-state index contributed by atoms with van der Waals surface area (Å²) in [5, 5.41) is 16.5. The third-order valence-corrected chi connectivity index (χ3v) is 5.43. The fourth-order valence-electron chi connectivity index (χ4n) is 3.24. The van der Waals surface area contributed by atoms with Crippen LogP contribution in [-0.2, 0) is 0 Å². The summed E-state index contributed by atoms with van der Waals surface area (Å²) in [5.41, 5.74) is 0.959. The fourth-order valence-corrected chi connectivity index (χ4v) is 4.11. The zero-order valence-corrected chi connectivity index (χ0v) is 13.8. The van der Waals surface area contributed by atoms with Crippen molar-refractivity contribution in [2.24, 2.45) is 5.92 Å². The van der Waals surface area contributed by atoms with Crippen LogP contribution >= 0.6 is 11.3 Å². The number of benzene rings is 1. The highest BCUT2D eigenvalue weighted by Crippen LogP contribution is 2.41. The quantitative estimate of drug-likeness (QED) is 0.763. The number of aliphatic hydroxyl groups excluding tert-OH is 1. The lowest BCUT2D eigenvalue weighted by molar-refractivity contribution is 0.0344. The number of nitrogens with zero attached hydrogens (tertiary/aromatic N) is 2. The molecule has 1 saturated carbocycles. The van der Waals surface area contributed by atoms with Crippen molar-refractivity contribution in [2.75, 3.05) is 5.32 Å². The Labute approximate surface area is 139 Å². The first-order valence-electron chi connectivity index (χ1n) is 7.92. The van der Waals surface area contributed by atoms with Crippen LogP contribution in [0.15, 0.2) is 41.8 Å². The maximum Gasteiger partial charge on any atom is 0.138 e. The minimum absolute atomic E-state index is 0.159. The van der Waals surface area contributed by atoms with Crippen molar-refractivity contribution in [3.8, 4) is 0 Å². The number of fused-ring (bicyclic) bond motifs is 1. The standard InChI is InChI=1S/C18H19N3OS/c1-11-19-15-6-3-2-5-14(15)18(20-11)21-17(12-9-13(22)10-12)16-7-4-8-23-16/h2-8,12-13,17,22H,9-10H2,1H3,(H,19,20,21)/t12?,13?,17-/m1/s1. The highest BCUT2D eigenvalue weighted by atomic mass is 32.1. The van der Waals surface area contributed by atoms with E-state index in [0.29, 0.717) is 5.92 Å². The highest BCUT2D eigenvalue weighted by molar-refractivity contribution is 7.10. The van der Waals surface area contributed by atoms with Gasteiger partial charge in [-0.1, -0.05) is 18.2 Å². The Balaban J connectivity index is 1.72. The Kier molecular flexibility index (Phi) is 3.75. The van der Waals surface area contributed by atoms with E-state index < -0.39 is 0 Å². The Hall–Kier alpha value is -1.98. The van der Waals surface area contributed by atoms with Crippen molar-refractivity contribution in [1.29, 1.82) is 0 Å². The molecule has 0 unspecified atom stereocenters. The van der Waals surface area contributed by atoms with Gasteiger partial charge in [-0.15, -0.1) is 11.3 Å². The molecule has 4 rings (SSSR count). The number of hydrogen-bond acceptors (Lipinski definition) is 5. The van der Waals surface area contributed by atoms with Gasteiger partial charge in [0.05, 0.1) is 17.7 Å². The Morgan fingerprint density at radius 2 is 2.00 bits per heavy atom. The molecular weight excluding hydrogens is 306 g/mol. The smallest absolute Gasteiger partial charge is 0.138 e. The number of nitrogens with one attached hydrogen (secondary N) is 1. The summed E-state index contributed by atoms with van der Waals surface area (Å²) in [4.78, 5) is 10.4. The minimum atomic E-state index is -0.159. The van der Waals surface area contributed by atoms with Crippen LogP contribution in [0.25, 0.3) is 10.9 Å². The number of rotatable bonds is 4. The Morgan fingerprint density at radius 1 is 1.17 bits per heavy atom. The molecule has 23 heavy (non-hydrogen) atoms. The first-order valence-corrected chi connectivity index (χ1v) is 8.80. The van der Waals surface area contributed by atoms with Gasteiger partial charge in [0.15, 0.2) is 0 Å². The van der Waals surface area contributed by atoms with Gasteiger partial charge in [0.2, 0.25) is 0 Å². The van der Waals surface area contributed by atoms with E-state index in [0.717, 1.165) is 35.4 Å². The molecular formula is C18H19N3OS. The molecule has 0 saturated heterocycles. The average molecular weight is 325 g/mol. The summed E-state index contributed by atoms with van der Waals surface area (Å²) in [6, 6.07) is 12.5. The van der Waals surface area contributed by atoms with Gasteiger partial charge >= 0.3 is 0 Å². The third kappa shape index (κ3) is 2.82. The Morgan fingerprint density at radius 3 is 2.74 bits per heavy atom. The van der Waals surface area contributed by atoms with Crippen LogP contribution < -0.4 is 5.32 Å². The molecule has 3 aromatic rings.